The molecule has 3 heterocycles. The molecule has 3 aromatic rings. The van der Waals surface area contributed by atoms with Crippen molar-refractivity contribution in [2.24, 2.45) is 0 Å². The molecule has 0 spiro atoms. The zero-order valence-corrected chi connectivity index (χ0v) is 20.4. The third kappa shape index (κ3) is 4.46. The Bertz CT molecular complexity index is 1230. The molecule has 7 heteroatoms. The average molecular weight is 489 g/mol. The highest BCUT2D eigenvalue weighted by Crippen LogP contribution is 2.44. The van der Waals surface area contributed by atoms with Gasteiger partial charge in [-0.3, -0.25) is 4.79 Å². The lowest BCUT2D eigenvalue weighted by Gasteiger charge is -2.30. The van der Waals surface area contributed by atoms with Crippen molar-refractivity contribution in [2.45, 2.75) is 24.9 Å². The molecule has 0 aliphatic carbocycles. The highest BCUT2D eigenvalue weighted by Gasteiger charge is 2.40. The smallest absolute Gasteiger partial charge is 0.318 e. The molecule has 3 aliphatic rings. The number of hydrogen-bond acceptors (Lipinski definition) is 6. The van der Waals surface area contributed by atoms with Gasteiger partial charge in [-0.05, 0) is 24.3 Å². The predicted molar refractivity (Wildman–Crippen MR) is 133 cm³/mol. The van der Waals surface area contributed by atoms with Crippen LogP contribution < -0.4 is 18.9 Å². The molecular formula is C29H30NO6+. The van der Waals surface area contributed by atoms with Crippen molar-refractivity contribution in [3.05, 3.63) is 77.9 Å². The standard InChI is InChI=1S/C29H30NO6/c1-30(14-6-16-32-20-11-12-26-27(17-20)34-19-33-26)15-13-21(18-30)35-29(31)28-22-7-2-4-9-24(22)36-25-10-5-3-8-23(25)28/h2-5,7-12,17,21,28H,6,13-16,18-19H2,1H3/q+1/t21?,30-/m1/s1. The first-order valence-corrected chi connectivity index (χ1v) is 12.5. The first-order valence-electron chi connectivity index (χ1n) is 12.5. The average Bonchev–Trinajstić information content (AvgIpc) is 3.51. The molecule has 0 aromatic heterocycles. The van der Waals surface area contributed by atoms with Gasteiger partial charge >= 0.3 is 5.97 Å². The number of nitrogens with zero attached hydrogens (tertiary/aromatic N) is 1. The van der Waals surface area contributed by atoms with Crippen molar-refractivity contribution >= 4 is 5.97 Å². The van der Waals surface area contributed by atoms with E-state index < -0.39 is 5.92 Å². The second-order valence-electron chi connectivity index (χ2n) is 9.92. The fourth-order valence-electron chi connectivity index (χ4n) is 5.43. The monoisotopic (exact) mass is 488 g/mol. The Labute approximate surface area is 210 Å². The third-order valence-corrected chi connectivity index (χ3v) is 7.29. The molecule has 0 bridgehead atoms. The van der Waals surface area contributed by atoms with E-state index in [0.29, 0.717) is 18.1 Å². The molecule has 1 saturated heterocycles. The topological polar surface area (TPSA) is 63.2 Å². The SMILES string of the molecule is C[N@@+]1(CCCOc2ccc3c(c2)OCO3)CCC(OC(=O)C2c3ccccc3Oc3ccccc32)C1. The van der Waals surface area contributed by atoms with E-state index in [1.165, 1.54) is 0 Å². The third-order valence-electron chi connectivity index (χ3n) is 7.29. The Kier molecular flexibility index (Phi) is 5.93. The first-order chi connectivity index (χ1) is 17.6. The Hall–Kier alpha value is -3.71. The summed E-state index contributed by atoms with van der Waals surface area (Å²) in [5, 5.41) is 0. The highest BCUT2D eigenvalue weighted by atomic mass is 16.7. The van der Waals surface area contributed by atoms with Crippen molar-refractivity contribution in [1.82, 2.24) is 0 Å². The fraction of sp³-hybridized carbons (Fsp3) is 0.345. The molecule has 0 saturated carbocycles. The zero-order chi connectivity index (χ0) is 24.5. The molecule has 186 valence electrons. The molecule has 2 atom stereocenters. The minimum atomic E-state index is -0.472. The molecule has 0 amide bonds. The maximum Gasteiger partial charge on any atom is 0.318 e. The fourth-order valence-corrected chi connectivity index (χ4v) is 5.43. The van der Waals surface area contributed by atoms with Gasteiger partial charge in [0.2, 0.25) is 6.79 Å². The number of carbonyl (C=O) groups is 1. The molecule has 0 N–H and O–H groups in total. The van der Waals surface area contributed by atoms with Gasteiger partial charge in [0.15, 0.2) is 17.6 Å². The highest BCUT2D eigenvalue weighted by molar-refractivity contribution is 5.85. The van der Waals surface area contributed by atoms with E-state index >= 15 is 0 Å². The van der Waals surface area contributed by atoms with Crippen LogP contribution in [0.4, 0.5) is 0 Å². The van der Waals surface area contributed by atoms with Gasteiger partial charge in [-0.1, -0.05) is 36.4 Å². The van der Waals surface area contributed by atoms with E-state index in [1.807, 2.05) is 66.7 Å². The Morgan fingerprint density at radius 1 is 0.944 bits per heavy atom. The Morgan fingerprint density at radius 3 is 2.44 bits per heavy atom. The van der Waals surface area contributed by atoms with Crippen molar-refractivity contribution in [2.75, 3.05) is 40.1 Å². The van der Waals surface area contributed by atoms with Crippen molar-refractivity contribution < 1.29 is 33.0 Å². The number of ether oxygens (including phenoxy) is 5. The lowest BCUT2D eigenvalue weighted by Crippen LogP contribution is -2.44. The van der Waals surface area contributed by atoms with Gasteiger partial charge in [-0.2, -0.15) is 0 Å². The van der Waals surface area contributed by atoms with Gasteiger partial charge in [-0.15, -0.1) is 0 Å². The summed E-state index contributed by atoms with van der Waals surface area (Å²) >= 11 is 0. The molecule has 3 aliphatic heterocycles. The lowest BCUT2D eigenvalue weighted by atomic mass is 9.88. The number of para-hydroxylation sites is 2. The van der Waals surface area contributed by atoms with Crippen LogP contribution in [0.1, 0.15) is 29.9 Å². The summed E-state index contributed by atoms with van der Waals surface area (Å²) in [7, 11) is 2.23. The molecule has 3 aromatic carbocycles. The second kappa shape index (κ2) is 9.39. The van der Waals surface area contributed by atoms with Gasteiger partial charge < -0.3 is 28.2 Å². The summed E-state index contributed by atoms with van der Waals surface area (Å²) in [4.78, 5) is 13.5. The van der Waals surface area contributed by atoms with Crippen LogP contribution in [0.5, 0.6) is 28.7 Å². The number of likely N-dealkylation sites (tertiary alicyclic amines) is 1. The lowest BCUT2D eigenvalue weighted by molar-refractivity contribution is -0.899. The molecule has 0 radical (unpaired) electrons. The first kappa shape index (κ1) is 22.7. The minimum Gasteiger partial charge on any atom is -0.493 e. The summed E-state index contributed by atoms with van der Waals surface area (Å²) < 4.78 is 29.7. The Balaban J connectivity index is 1.04. The largest absolute Gasteiger partial charge is 0.493 e. The van der Waals surface area contributed by atoms with Gasteiger partial charge in [0.25, 0.3) is 0 Å². The van der Waals surface area contributed by atoms with Crippen LogP contribution in [-0.2, 0) is 9.53 Å². The van der Waals surface area contributed by atoms with E-state index in [-0.39, 0.29) is 18.9 Å². The van der Waals surface area contributed by atoms with Crippen LogP contribution >= 0.6 is 0 Å². The summed E-state index contributed by atoms with van der Waals surface area (Å²) in [6.45, 7) is 3.62. The van der Waals surface area contributed by atoms with E-state index in [9.17, 15) is 4.79 Å². The van der Waals surface area contributed by atoms with E-state index in [2.05, 4.69) is 7.05 Å². The number of fused-ring (bicyclic) bond motifs is 3. The summed E-state index contributed by atoms with van der Waals surface area (Å²) in [5.74, 6) is 3.02. The number of hydrogen-bond donors (Lipinski definition) is 0. The molecular weight excluding hydrogens is 458 g/mol. The number of likely N-dealkylation sites (N-methyl/N-ethyl adjacent to an activating group) is 1. The van der Waals surface area contributed by atoms with Crippen LogP contribution in [0, 0.1) is 0 Å². The van der Waals surface area contributed by atoms with Gasteiger partial charge in [-0.25, -0.2) is 0 Å². The molecule has 6 rings (SSSR count). The normalized spacial score (nSPS) is 21.9. The van der Waals surface area contributed by atoms with Gasteiger partial charge in [0, 0.05) is 30.0 Å². The molecule has 1 fully saturated rings. The quantitative estimate of drug-likeness (QED) is 0.268. The van der Waals surface area contributed by atoms with Gasteiger partial charge in [0.1, 0.15) is 29.7 Å². The Morgan fingerprint density at radius 2 is 1.67 bits per heavy atom. The summed E-state index contributed by atoms with van der Waals surface area (Å²) in [6.07, 6.45) is 1.67. The molecule has 7 nitrogen and oxygen atoms in total. The van der Waals surface area contributed by atoms with Crippen LogP contribution in [0.3, 0.4) is 0 Å². The summed E-state index contributed by atoms with van der Waals surface area (Å²) in [6, 6.07) is 21.1. The minimum absolute atomic E-state index is 0.0977. The predicted octanol–water partition coefficient (Wildman–Crippen LogP) is 4.88. The molecule has 36 heavy (non-hydrogen) atoms. The van der Waals surface area contributed by atoms with Crippen LogP contribution in [0.25, 0.3) is 0 Å². The molecule has 1 unspecified atom stereocenters. The maximum atomic E-state index is 13.5. The van der Waals surface area contributed by atoms with Gasteiger partial charge in [0.05, 0.1) is 26.7 Å². The zero-order valence-electron chi connectivity index (χ0n) is 20.4. The van der Waals surface area contributed by atoms with E-state index in [4.69, 9.17) is 23.7 Å². The summed E-state index contributed by atoms with van der Waals surface area (Å²) in [5.41, 5.74) is 1.72. The number of esters is 1. The number of benzene rings is 3. The van der Waals surface area contributed by atoms with E-state index in [1.54, 1.807) is 0 Å². The number of rotatable bonds is 7. The van der Waals surface area contributed by atoms with Crippen LogP contribution in [0.2, 0.25) is 0 Å². The van der Waals surface area contributed by atoms with Crippen molar-refractivity contribution in [3.63, 3.8) is 0 Å². The maximum absolute atomic E-state index is 13.5. The van der Waals surface area contributed by atoms with Crippen molar-refractivity contribution in [3.8, 4) is 28.7 Å². The van der Waals surface area contributed by atoms with Crippen molar-refractivity contribution in [1.29, 1.82) is 0 Å². The van der Waals surface area contributed by atoms with Crippen LogP contribution in [-0.4, -0.2) is 56.6 Å². The van der Waals surface area contributed by atoms with E-state index in [0.717, 1.165) is 65.3 Å². The van der Waals surface area contributed by atoms with Crippen LogP contribution in [0.15, 0.2) is 66.7 Å². The second-order valence-corrected chi connectivity index (χ2v) is 9.92. The number of quaternary nitrogens is 1. The number of carbonyl (C=O) groups excluding carboxylic acids is 1.